The number of hydrogen-bond donors (Lipinski definition) is 6. The molecule has 7 fully saturated rings. The summed E-state index contributed by atoms with van der Waals surface area (Å²) >= 11 is 0. The molecule has 0 bridgehead atoms. The third-order valence-electron chi connectivity index (χ3n) is 15.8. The standard InChI is InChI=1S/C39H62O15S/c1-18-8-13-39(49-16-18)19(2)28-26(53-39)15-25-23-7-6-21-14-22(9-11-37(21,4)24(23)10-12-38(25,28)5)51-36-32(43)31(42)30(41)27(52-36)17-48-35-33(44)34(54-55(45,46)47)29(40)20(3)50-35/h6,18-20,22-36,40-44H,7-17H2,1-5H3,(H,45,46,47). The molecule has 6 N–H and O–H groups in total. The Morgan fingerprint density at radius 3 is 2.35 bits per heavy atom. The van der Waals surface area contributed by atoms with E-state index in [0.29, 0.717) is 41.9 Å². The van der Waals surface area contributed by atoms with Crippen LogP contribution in [0.15, 0.2) is 11.6 Å². The highest BCUT2D eigenvalue weighted by Crippen LogP contribution is 2.70. The van der Waals surface area contributed by atoms with Gasteiger partial charge in [0.15, 0.2) is 18.4 Å². The molecule has 0 aromatic carbocycles. The molecule has 15 nitrogen and oxygen atoms in total. The van der Waals surface area contributed by atoms with Crippen molar-refractivity contribution >= 4 is 10.4 Å². The van der Waals surface area contributed by atoms with Gasteiger partial charge in [0.2, 0.25) is 0 Å². The maximum absolute atomic E-state index is 11.3. The fraction of sp³-hybridized carbons (Fsp3) is 0.949. The average Bonchev–Trinajstić information content (AvgIpc) is 3.58. The summed E-state index contributed by atoms with van der Waals surface area (Å²) in [5.41, 5.74) is 1.62. The van der Waals surface area contributed by atoms with Crippen LogP contribution < -0.4 is 0 Å². The van der Waals surface area contributed by atoms with Crippen molar-refractivity contribution in [2.75, 3.05) is 13.2 Å². The predicted molar refractivity (Wildman–Crippen MR) is 192 cm³/mol. The van der Waals surface area contributed by atoms with Gasteiger partial charge in [-0.25, -0.2) is 4.18 Å². The number of aliphatic hydroxyl groups excluding tert-OH is 5. The van der Waals surface area contributed by atoms with Crippen molar-refractivity contribution < 1.29 is 71.1 Å². The van der Waals surface area contributed by atoms with Crippen molar-refractivity contribution in [1.82, 2.24) is 0 Å². The highest BCUT2D eigenvalue weighted by Gasteiger charge is 2.68. The van der Waals surface area contributed by atoms with Gasteiger partial charge in [-0.15, -0.1) is 0 Å². The lowest BCUT2D eigenvalue weighted by atomic mass is 9.47. The number of allylic oxidation sites excluding steroid dienone is 1. The Balaban J connectivity index is 0.901. The van der Waals surface area contributed by atoms with E-state index in [1.54, 1.807) is 0 Å². The Morgan fingerprint density at radius 1 is 0.873 bits per heavy atom. The maximum Gasteiger partial charge on any atom is 0.397 e. The molecule has 314 valence electrons. The van der Waals surface area contributed by atoms with Crippen LogP contribution in [0.3, 0.4) is 0 Å². The second-order valence-electron chi connectivity index (χ2n) is 18.8. The van der Waals surface area contributed by atoms with Gasteiger partial charge in [0, 0.05) is 12.3 Å². The topological polar surface area (TPSA) is 220 Å². The van der Waals surface area contributed by atoms with E-state index in [4.69, 9.17) is 33.0 Å². The maximum atomic E-state index is 11.3. The molecule has 16 heteroatoms. The molecule has 8 aliphatic rings. The largest absolute Gasteiger partial charge is 0.397 e. The van der Waals surface area contributed by atoms with Crippen molar-refractivity contribution in [3.63, 3.8) is 0 Å². The molecule has 21 unspecified atom stereocenters. The summed E-state index contributed by atoms with van der Waals surface area (Å²) in [6, 6.07) is 0. The molecule has 0 amide bonds. The highest BCUT2D eigenvalue weighted by molar-refractivity contribution is 7.80. The fourth-order valence-electron chi connectivity index (χ4n) is 12.7. The molecule has 1 spiro atoms. The molecule has 4 saturated heterocycles. The number of aliphatic hydroxyl groups is 5. The van der Waals surface area contributed by atoms with Crippen molar-refractivity contribution in [1.29, 1.82) is 0 Å². The normalized spacial score (nSPS) is 55.3. The van der Waals surface area contributed by atoms with Gasteiger partial charge in [-0.05, 0) is 98.7 Å². The fourth-order valence-corrected chi connectivity index (χ4v) is 13.2. The van der Waals surface area contributed by atoms with Crippen molar-refractivity contribution in [2.45, 2.75) is 172 Å². The van der Waals surface area contributed by atoms with Gasteiger partial charge >= 0.3 is 10.4 Å². The van der Waals surface area contributed by atoms with E-state index < -0.39 is 84.2 Å². The lowest BCUT2D eigenvalue weighted by Crippen LogP contribution is -2.62. The van der Waals surface area contributed by atoms with E-state index in [-0.39, 0.29) is 23.0 Å². The summed E-state index contributed by atoms with van der Waals surface area (Å²) in [5.74, 6) is 2.78. The van der Waals surface area contributed by atoms with Crippen molar-refractivity contribution in [2.24, 2.45) is 46.3 Å². The van der Waals surface area contributed by atoms with Crippen LogP contribution in [-0.2, 0) is 43.0 Å². The van der Waals surface area contributed by atoms with E-state index in [1.807, 2.05) is 0 Å². The Hall–Kier alpha value is -0.830. The lowest BCUT2D eigenvalue weighted by Gasteiger charge is -2.58. The Morgan fingerprint density at radius 2 is 1.64 bits per heavy atom. The first-order chi connectivity index (χ1) is 25.8. The van der Waals surface area contributed by atoms with Gasteiger partial charge in [-0.2, -0.15) is 8.42 Å². The van der Waals surface area contributed by atoms with Gasteiger partial charge in [0.25, 0.3) is 0 Å². The second-order valence-corrected chi connectivity index (χ2v) is 19.9. The van der Waals surface area contributed by atoms with Crippen LogP contribution in [0.5, 0.6) is 0 Å². The number of ether oxygens (including phenoxy) is 6. The van der Waals surface area contributed by atoms with Gasteiger partial charge in [-0.3, -0.25) is 4.55 Å². The lowest BCUT2D eigenvalue weighted by molar-refractivity contribution is -0.333. The second kappa shape index (κ2) is 14.7. The van der Waals surface area contributed by atoms with Crippen LogP contribution in [0, 0.1) is 46.3 Å². The SMILES string of the molecule is CC1CCC2(OC1)OC1CC3C4CC=C5CC(OC6OC(COC7OC(C)C(O)C(OS(=O)(=O)O)C7O)C(O)C(O)C6O)CCC5(C)C4CCC3(C)C1C2C. The molecular weight excluding hydrogens is 740 g/mol. The molecule has 8 rings (SSSR count). The Labute approximate surface area is 323 Å². The Bertz CT molecular complexity index is 1550. The number of fused-ring (bicyclic) bond motifs is 7. The van der Waals surface area contributed by atoms with E-state index in [2.05, 4.69) is 38.0 Å². The zero-order valence-corrected chi connectivity index (χ0v) is 33.3. The minimum atomic E-state index is -5.04. The third-order valence-corrected chi connectivity index (χ3v) is 16.2. The number of hydrogen-bond acceptors (Lipinski definition) is 14. The molecule has 0 aromatic heterocycles. The van der Waals surface area contributed by atoms with Crippen LogP contribution in [0.25, 0.3) is 0 Å². The molecule has 3 saturated carbocycles. The average molecular weight is 803 g/mol. The van der Waals surface area contributed by atoms with Crippen molar-refractivity contribution in [3.05, 3.63) is 11.6 Å². The summed E-state index contributed by atoms with van der Waals surface area (Å²) in [4.78, 5) is 0. The summed E-state index contributed by atoms with van der Waals surface area (Å²) in [6.07, 6.45) is -3.88. The minimum absolute atomic E-state index is 0.0265. The molecule has 4 heterocycles. The highest BCUT2D eigenvalue weighted by atomic mass is 32.3. The van der Waals surface area contributed by atoms with E-state index in [0.717, 1.165) is 45.1 Å². The molecule has 21 atom stereocenters. The first-order valence-electron chi connectivity index (χ1n) is 20.5. The van der Waals surface area contributed by atoms with Crippen LogP contribution >= 0.6 is 0 Å². The van der Waals surface area contributed by atoms with Crippen molar-refractivity contribution in [3.8, 4) is 0 Å². The van der Waals surface area contributed by atoms with E-state index in [1.165, 1.54) is 25.3 Å². The van der Waals surface area contributed by atoms with Crippen LogP contribution in [0.1, 0.15) is 92.4 Å². The summed E-state index contributed by atoms with van der Waals surface area (Å²) < 4.78 is 73.1. The van der Waals surface area contributed by atoms with Crippen LogP contribution in [-0.4, -0.2) is 131 Å². The zero-order valence-electron chi connectivity index (χ0n) is 32.5. The summed E-state index contributed by atoms with van der Waals surface area (Å²) in [7, 11) is -5.04. The summed E-state index contributed by atoms with van der Waals surface area (Å²) in [6.45, 7) is 11.3. The van der Waals surface area contributed by atoms with Gasteiger partial charge in [0.05, 0.1) is 31.5 Å². The van der Waals surface area contributed by atoms with Crippen LogP contribution in [0.4, 0.5) is 0 Å². The number of rotatable bonds is 7. The van der Waals surface area contributed by atoms with Gasteiger partial charge < -0.3 is 54.0 Å². The molecule has 4 aliphatic heterocycles. The molecule has 55 heavy (non-hydrogen) atoms. The predicted octanol–water partition coefficient (Wildman–Crippen LogP) is 2.22. The smallest absolute Gasteiger partial charge is 0.388 e. The zero-order chi connectivity index (χ0) is 39.4. The first kappa shape index (κ1) is 40.9. The molecule has 0 radical (unpaired) electrons. The summed E-state index contributed by atoms with van der Waals surface area (Å²) in [5, 5.41) is 53.4. The van der Waals surface area contributed by atoms with Gasteiger partial charge in [0.1, 0.15) is 42.7 Å². The first-order valence-corrected chi connectivity index (χ1v) is 21.9. The van der Waals surface area contributed by atoms with E-state index in [9.17, 15) is 34.0 Å². The van der Waals surface area contributed by atoms with Gasteiger partial charge in [-0.1, -0.05) is 39.3 Å². The molecule has 0 aromatic rings. The van der Waals surface area contributed by atoms with E-state index >= 15 is 0 Å². The Kier molecular flexibility index (Phi) is 10.9. The monoisotopic (exact) mass is 802 g/mol. The molecule has 4 aliphatic carbocycles. The molecular formula is C39H62O15S. The minimum Gasteiger partial charge on any atom is -0.388 e. The van der Waals surface area contributed by atoms with Crippen LogP contribution in [0.2, 0.25) is 0 Å². The third kappa shape index (κ3) is 6.99. The quantitative estimate of drug-likeness (QED) is 0.161.